The second-order valence-corrected chi connectivity index (χ2v) is 7.05. The maximum absolute atomic E-state index is 12.7. The number of nitrogens with one attached hydrogen (secondary N) is 1. The Hall–Kier alpha value is -3.29. The Bertz CT molecular complexity index is 1050. The monoisotopic (exact) mass is 379 g/mol. The Labute approximate surface area is 162 Å². The molecule has 1 aromatic carbocycles. The molecule has 8 heteroatoms. The van der Waals surface area contributed by atoms with E-state index in [1.54, 1.807) is 12.3 Å². The van der Waals surface area contributed by atoms with Gasteiger partial charge in [0.25, 0.3) is 0 Å². The van der Waals surface area contributed by atoms with Crippen LogP contribution < -0.4 is 14.8 Å². The number of fused-ring (bicyclic) bond motifs is 2. The minimum Gasteiger partial charge on any atom is -0.486 e. The Morgan fingerprint density at radius 1 is 1.21 bits per heavy atom. The van der Waals surface area contributed by atoms with Crippen molar-refractivity contribution >= 4 is 22.9 Å². The molecule has 2 aromatic heterocycles. The fraction of sp³-hybridized carbons (Fsp3) is 0.350. The minimum absolute atomic E-state index is 0.116. The van der Waals surface area contributed by atoms with Gasteiger partial charge in [-0.3, -0.25) is 0 Å². The van der Waals surface area contributed by atoms with E-state index < -0.39 is 0 Å². The molecular weight excluding hydrogens is 358 g/mol. The Morgan fingerprint density at radius 2 is 2.07 bits per heavy atom. The van der Waals surface area contributed by atoms with Gasteiger partial charge in [0.2, 0.25) is 0 Å². The second kappa shape index (κ2) is 6.70. The minimum atomic E-state index is -0.116. The van der Waals surface area contributed by atoms with Crippen molar-refractivity contribution in [3.63, 3.8) is 0 Å². The number of anilines is 1. The highest BCUT2D eigenvalue weighted by Gasteiger charge is 2.30. The quantitative estimate of drug-likeness (QED) is 0.740. The maximum Gasteiger partial charge on any atom is 0.321 e. The number of urea groups is 1. The highest BCUT2D eigenvalue weighted by Crippen LogP contribution is 2.33. The van der Waals surface area contributed by atoms with E-state index in [0.29, 0.717) is 43.5 Å². The number of benzene rings is 1. The summed E-state index contributed by atoms with van der Waals surface area (Å²) in [4.78, 5) is 23.7. The number of carbonyl (C=O) groups excluding carboxylic acids is 1. The second-order valence-electron chi connectivity index (χ2n) is 7.05. The molecule has 0 bridgehead atoms. The number of imidazole rings is 1. The lowest BCUT2D eigenvalue weighted by atomic mass is 10.2. The fourth-order valence-corrected chi connectivity index (χ4v) is 3.94. The van der Waals surface area contributed by atoms with Crippen molar-refractivity contribution in [2.24, 2.45) is 0 Å². The van der Waals surface area contributed by atoms with Gasteiger partial charge in [-0.25, -0.2) is 14.8 Å². The summed E-state index contributed by atoms with van der Waals surface area (Å²) < 4.78 is 13.3. The number of aryl methyl sites for hydroxylation is 1. The van der Waals surface area contributed by atoms with Crippen molar-refractivity contribution < 1.29 is 14.3 Å². The lowest BCUT2D eigenvalue weighted by molar-refractivity contribution is 0.171. The van der Waals surface area contributed by atoms with E-state index >= 15 is 0 Å². The molecule has 5 rings (SSSR count). The van der Waals surface area contributed by atoms with Crippen LogP contribution in [0.2, 0.25) is 0 Å². The van der Waals surface area contributed by atoms with Crippen LogP contribution in [-0.2, 0) is 0 Å². The summed E-state index contributed by atoms with van der Waals surface area (Å²) >= 11 is 0. The normalized spacial score (nSPS) is 18.5. The molecule has 0 radical (unpaired) electrons. The number of ether oxygens (including phenoxy) is 2. The average Bonchev–Trinajstić information content (AvgIpc) is 3.31. The van der Waals surface area contributed by atoms with Crippen LogP contribution >= 0.6 is 0 Å². The third kappa shape index (κ3) is 2.90. The first-order valence-electron chi connectivity index (χ1n) is 9.44. The van der Waals surface area contributed by atoms with Gasteiger partial charge >= 0.3 is 6.03 Å². The first-order chi connectivity index (χ1) is 13.7. The van der Waals surface area contributed by atoms with Gasteiger partial charge in [0.1, 0.15) is 24.6 Å². The third-order valence-corrected chi connectivity index (χ3v) is 5.23. The molecule has 0 unspecified atom stereocenters. The molecule has 8 nitrogen and oxygen atoms in total. The summed E-state index contributed by atoms with van der Waals surface area (Å²) in [7, 11) is 0. The molecule has 0 saturated carbocycles. The predicted octanol–water partition coefficient (Wildman–Crippen LogP) is 2.99. The zero-order valence-electron chi connectivity index (χ0n) is 15.6. The molecule has 2 amide bonds. The van der Waals surface area contributed by atoms with Crippen molar-refractivity contribution in [3.05, 3.63) is 42.4 Å². The standard InChI is InChI=1S/C20H21N5O3/c1-13-22-16-3-2-7-21-19(16)25(13)15-6-8-24(12-15)20(26)23-14-4-5-17-18(11-14)28-10-9-27-17/h2-5,7,11,15H,6,8-10,12H2,1H3,(H,23,26)/t15-/m1/s1. The van der Waals surface area contributed by atoms with E-state index in [4.69, 9.17) is 9.47 Å². The van der Waals surface area contributed by atoms with Gasteiger partial charge in [0.15, 0.2) is 17.1 Å². The lowest BCUT2D eigenvalue weighted by Gasteiger charge is -2.21. The molecule has 144 valence electrons. The maximum atomic E-state index is 12.7. The molecule has 28 heavy (non-hydrogen) atoms. The highest BCUT2D eigenvalue weighted by atomic mass is 16.6. The van der Waals surface area contributed by atoms with Crippen molar-refractivity contribution in [1.82, 2.24) is 19.4 Å². The lowest BCUT2D eigenvalue weighted by Crippen LogP contribution is -2.33. The summed E-state index contributed by atoms with van der Waals surface area (Å²) in [5, 5.41) is 2.96. The molecule has 1 N–H and O–H groups in total. The van der Waals surface area contributed by atoms with Crippen LogP contribution in [0.5, 0.6) is 11.5 Å². The topological polar surface area (TPSA) is 81.5 Å². The molecule has 1 fully saturated rings. The summed E-state index contributed by atoms with van der Waals surface area (Å²) in [6.45, 7) is 4.36. The number of nitrogens with zero attached hydrogens (tertiary/aromatic N) is 4. The van der Waals surface area contributed by atoms with Gasteiger partial charge in [0, 0.05) is 31.0 Å². The number of aromatic nitrogens is 3. The zero-order valence-corrected chi connectivity index (χ0v) is 15.6. The number of hydrogen-bond donors (Lipinski definition) is 1. The molecule has 0 spiro atoms. The largest absolute Gasteiger partial charge is 0.486 e. The van der Waals surface area contributed by atoms with Gasteiger partial charge in [-0.1, -0.05) is 0 Å². The smallest absolute Gasteiger partial charge is 0.321 e. The van der Waals surface area contributed by atoms with Crippen molar-refractivity contribution in [2.45, 2.75) is 19.4 Å². The van der Waals surface area contributed by atoms with Crippen LogP contribution in [0.25, 0.3) is 11.2 Å². The van der Waals surface area contributed by atoms with Crippen LogP contribution in [0.15, 0.2) is 36.5 Å². The van der Waals surface area contributed by atoms with E-state index in [1.807, 2.05) is 36.1 Å². The van der Waals surface area contributed by atoms with E-state index in [0.717, 1.165) is 23.4 Å². The molecular formula is C20H21N5O3. The first kappa shape index (κ1) is 16.9. The molecule has 1 saturated heterocycles. The van der Waals surface area contributed by atoms with E-state index in [2.05, 4.69) is 19.9 Å². The number of hydrogen-bond acceptors (Lipinski definition) is 5. The Morgan fingerprint density at radius 3 is 2.96 bits per heavy atom. The number of likely N-dealkylation sites (tertiary alicyclic amines) is 1. The van der Waals surface area contributed by atoms with Crippen LogP contribution in [-0.4, -0.2) is 51.8 Å². The van der Waals surface area contributed by atoms with Crippen LogP contribution in [0.1, 0.15) is 18.3 Å². The number of pyridine rings is 1. The first-order valence-corrected chi connectivity index (χ1v) is 9.44. The number of carbonyl (C=O) groups is 1. The van der Waals surface area contributed by atoms with Gasteiger partial charge in [0.05, 0.1) is 6.04 Å². The summed E-state index contributed by atoms with van der Waals surface area (Å²) in [6.07, 6.45) is 2.65. The third-order valence-electron chi connectivity index (χ3n) is 5.23. The summed E-state index contributed by atoms with van der Waals surface area (Å²) in [6, 6.07) is 9.37. The van der Waals surface area contributed by atoms with E-state index in [1.165, 1.54) is 0 Å². The molecule has 1 atom stereocenters. The number of rotatable bonds is 2. The van der Waals surface area contributed by atoms with Crippen LogP contribution in [0, 0.1) is 6.92 Å². The molecule has 2 aliphatic heterocycles. The van der Waals surface area contributed by atoms with Crippen molar-refractivity contribution in [2.75, 3.05) is 31.6 Å². The molecule has 0 aliphatic carbocycles. The molecule has 2 aliphatic rings. The van der Waals surface area contributed by atoms with Crippen molar-refractivity contribution in [3.8, 4) is 11.5 Å². The van der Waals surface area contributed by atoms with Gasteiger partial charge < -0.3 is 24.3 Å². The molecule has 4 heterocycles. The Balaban J connectivity index is 1.30. The van der Waals surface area contributed by atoms with Gasteiger partial charge in [-0.2, -0.15) is 0 Å². The summed E-state index contributed by atoms with van der Waals surface area (Å²) in [5.74, 6) is 2.29. The SMILES string of the molecule is Cc1nc2cccnc2n1[C@@H]1CCN(C(=O)Nc2ccc3c(c2)OCCO3)C1. The van der Waals surface area contributed by atoms with Gasteiger partial charge in [-0.15, -0.1) is 0 Å². The van der Waals surface area contributed by atoms with Crippen LogP contribution in [0.3, 0.4) is 0 Å². The zero-order chi connectivity index (χ0) is 19.1. The summed E-state index contributed by atoms with van der Waals surface area (Å²) in [5.41, 5.74) is 2.46. The highest BCUT2D eigenvalue weighted by molar-refractivity contribution is 5.90. The average molecular weight is 379 g/mol. The van der Waals surface area contributed by atoms with Gasteiger partial charge in [-0.05, 0) is 37.6 Å². The van der Waals surface area contributed by atoms with E-state index in [9.17, 15) is 4.79 Å². The fourth-order valence-electron chi connectivity index (χ4n) is 3.94. The van der Waals surface area contributed by atoms with Crippen LogP contribution in [0.4, 0.5) is 10.5 Å². The molecule has 3 aromatic rings. The Kier molecular flexibility index (Phi) is 4.03. The predicted molar refractivity (Wildman–Crippen MR) is 104 cm³/mol. The van der Waals surface area contributed by atoms with E-state index in [-0.39, 0.29) is 12.1 Å². The van der Waals surface area contributed by atoms with Crippen molar-refractivity contribution in [1.29, 1.82) is 0 Å². The number of amides is 2.